The average Bonchev–Trinajstić information content (AvgIpc) is 2.52. The zero-order chi connectivity index (χ0) is 18.9. The van der Waals surface area contributed by atoms with Gasteiger partial charge in [-0.1, -0.05) is 6.07 Å². The minimum atomic E-state index is -0.178. The number of hydrogen-bond donors (Lipinski definition) is 1. The fraction of sp³-hybridized carbons (Fsp3) is 0.500. The molecule has 0 aliphatic heterocycles. The van der Waals surface area contributed by atoms with E-state index in [2.05, 4.69) is 4.98 Å². The van der Waals surface area contributed by atoms with Crippen LogP contribution in [0.25, 0.3) is 0 Å². The fourth-order valence-corrected chi connectivity index (χ4v) is 1.65. The summed E-state index contributed by atoms with van der Waals surface area (Å²) in [4.78, 5) is 4.16. The molecule has 0 saturated heterocycles. The highest BCUT2D eigenvalue weighted by Gasteiger charge is 2.15. The summed E-state index contributed by atoms with van der Waals surface area (Å²) in [6, 6.07) is 11.3. The van der Waals surface area contributed by atoms with E-state index < -0.39 is 0 Å². The van der Waals surface area contributed by atoms with Crippen LogP contribution in [0.4, 0.5) is 0 Å². The lowest BCUT2D eigenvalue weighted by molar-refractivity contribution is -0.910. The topological polar surface area (TPSA) is 55.5 Å². The van der Waals surface area contributed by atoms with Crippen molar-refractivity contribution in [2.75, 3.05) is 0 Å². The number of aromatic nitrogens is 2. The van der Waals surface area contributed by atoms with Gasteiger partial charge >= 0.3 is 0 Å². The molecule has 0 fully saturated rings. The third kappa shape index (κ3) is 10.5. The Morgan fingerprint density at radius 2 is 1.48 bits per heavy atom. The first-order chi connectivity index (χ1) is 11.6. The van der Waals surface area contributed by atoms with Gasteiger partial charge in [0.25, 0.3) is 5.69 Å². The van der Waals surface area contributed by atoms with Crippen LogP contribution in [0.3, 0.4) is 0 Å². The summed E-state index contributed by atoms with van der Waals surface area (Å²) in [5.41, 5.74) is 1.46. The lowest BCUT2D eigenvalue weighted by atomic mass is 10.2. The van der Waals surface area contributed by atoms with Crippen LogP contribution in [0, 0.1) is 0 Å². The molecule has 0 atom stereocenters. The summed E-state index contributed by atoms with van der Waals surface area (Å²) in [5, 5.41) is 9.34. The first kappa shape index (κ1) is 21.1. The molecule has 0 bridgehead atoms. The first-order valence-electron chi connectivity index (χ1n) is 8.43. The van der Waals surface area contributed by atoms with E-state index in [1.165, 1.54) is 0 Å². The molecule has 0 spiro atoms. The molecule has 138 valence electrons. The van der Waals surface area contributed by atoms with Gasteiger partial charge in [0, 0.05) is 23.1 Å². The standard InChI is InChI=1S/C10H16NO2.C10H15NO/c1-10(2,3)13-8-9-6-4-5-7-11(9)12;1-10(2,3)12-8-9-6-4-5-7-11-9/h4-7,12H,8H2,1-3H3;4-7H,8H2,1-3H3/q+1;. The minimum Gasteiger partial charge on any atom is -0.370 e. The Morgan fingerprint density at radius 3 is 2.00 bits per heavy atom. The number of pyridine rings is 2. The summed E-state index contributed by atoms with van der Waals surface area (Å²) in [7, 11) is 0. The fourth-order valence-electron chi connectivity index (χ4n) is 1.65. The van der Waals surface area contributed by atoms with Crippen molar-refractivity contribution < 1.29 is 19.4 Å². The number of rotatable bonds is 4. The molecular weight excluding hydrogens is 316 g/mol. The summed E-state index contributed by atoms with van der Waals surface area (Å²) >= 11 is 0. The Morgan fingerprint density at radius 1 is 0.880 bits per heavy atom. The molecule has 5 heteroatoms. The highest BCUT2D eigenvalue weighted by atomic mass is 16.5. The molecule has 2 heterocycles. The van der Waals surface area contributed by atoms with Crippen molar-refractivity contribution in [1.29, 1.82) is 0 Å². The molecule has 2 aromatic heterocycles. The molecule has 5 nitrogen and oxygen atoms in total. The third-order valence-corrected chi connectivity index (χ3v) is 2.95. The van der Waals surface area contributed by atoms with Crippen molar-refractivity contribution in [1.82, 2.24) is 4.98 Å². The second kappa shape index (κ2) is 9.49. The van der Waals surface area contributed by atoms with Gasteiger partial charge in [-0.2, -0.15) is 0 Å². The summed E-state index contributed by atoms with van der Waals surface area (Å²) in [5.74, 6) is 0. The average molecular weight is 347 g/mol. The van der Waals surface area contributed by atoms with Gasteiger partial charge in [-0.25, -0.2) is 0 Å². The number of hydrogen-bond acceptors (Lipinski definition) is 4. The van der Waals surface area contributed by atoms with Crippen LogP contribution in [0.2, 0.25) is 0 Å². The van der Waals surface area contributed by atoms with Crippen molar-refractivity contribution >= 4 is 0 Å². The van der Waals surface area contributed by atoms with Gasteiger partial charge < -0.3 is 9.47 Å². The second-order valence-electron chi connectivity index (χ2n) is 7.66. The maximum Gasteiger partial charge on any atom is 0.259 e. The van der Waals surface area contributed by atoms with Crippen molar-refractivity contribution in [2.24, 2.45) is 0 Å². The van der Waals surface area contributed by atoms with Crippen LogP contribution in [-0.2, 0) is 22.7 Å². The van der Waals surface area contributed by atoms with Crippen molar-refractivity contribution in [3.05, 3.63) is 60.2 Å². The lowest BCUT2D eigenvalue weighted by Crippen LogP contribution is -2.36. The van der Waals surface area contributed by atoms with Crippen LogP contribution in [0.15, 0.2) is 48.8 Å². The second-order valence-corrected chi connectivity index (χ2v) is 7.66. The van der Waals surface area contributed by atoms with Crippen LogP contribution in [0.5, 0.6) is 0 Å². The molecule has 0 aromatic carbocycles. The smallest absolute Gasteiger partial charge is 0.259 e. The Bertz CT molecular complexity index is 617. The minimum absolute atomic E-state index is 0.0858. The van der Waals surface area contributed by atoms with Crippen molar-refractivity contribution in [3.63, 3.8) is 0 Å². The maximum absolute atomic E-state index is 9.34. The van der Waals surface area contributed by atoms with Gasteiger partial charge in [0.15, 0.2) is 0 Å². The maximum atomic E-state index is 9.34. The zero-order valence-corrected chi connectivity index (χ0v) is 16.2. The van der Waals surface area contributed by atoms with Crippen molar-refractivity contribution in [3.8, 4) is 0 Å². The number of ether oxygens (including phenoxy) is 2. The summed E-state index contributed by atoms with van der Waals surface area (Å²) in [6.07, 6.45) is 3.36. The van der Waals surface area contributed by atoms with E-state index in [1.54, 1.807) is 18.5 Å². The van der Waals surface area contributed by atoms with Gasteiger partial charge in [-0.15, -0.1) is 0 Å². The van der Waals surface area contributed by atoms with Gasteiger partial charge in [0.2, 0.25) is 6.20 Å². The highest BCUT2D eigenvalue weighted by Crippen LogP contribution is 2.10. The summed E-state index contributed by atoms with van der Waals surface area (Å²) < 4.78 is 12.1. The van der Waals surface area contributed by atoms with Gasteiger partial charge in [0.1, 0.15) is 6.61 Å². The highest BCUT2D eigenvalue weighted by molar-refractivity contribution is 5.02. The Balaban J connectivity index is 0.000000251. The molecule has 0 unspecified atom stereocenters. The van der Waals surface area contributed by atoms with Crippen LogP contribution >= 0.6 is 0 Å². The van der Waals surface area contributed by atoms with Gasteiger partial charge in [0.05, 0.1) is 23.5 Å². The molecule has 0 amide bonds. The van der Waals surface area contributed by atoms with Crippen molar-refractivity contribution in [2.45, 2.75) is 66.0 Å². The predicted octanol–water partition coefficient (Wildman–Crippen LogP) is 3.92. The van der Waals surface area contributed by atoms with Gasteiger partial charge in [-0.05, 0) is 59.7 Å². The van der Waals surface area contributed by atoms with E-state index in [0.29, 0.717) is 13.2 Å². The van der Waals surface area contributed by atoms with E-state index in [-0.39, 0.29) is 11.2 Å². The van der Waals surface area contributed by atoms with Gasteiger partial charge in [-0.3, -0.25) is 10.2 Å². The van der Waals surface area contributed by atoms with Crippen LogP contribution in [-0.4, -0.2) is 21.4 Å². The summed E-state index contributed by atoms with van der Waals surface area (Å²) in [6.45, 7) is 13.1. The Labute approximate surface area is 151 Å². The van der Waals surface area contributed by atoms with E-state index in [9.17, 15) is 5.21 Å². The van der Waals surface area contributed by atoms with Crippen LogP contribution in [0.1, 0.15) is 52.9 Å². The first-order valence-corrected chi connectivity index (χ1v) is 8.43. The Hall–Kier alpha value is -1.98. The molecule has 2 rings (SSSR count). The van der Waals surface area contributed by atoms with Crippen LogP contribution < -0.4 is 4.73 Å². The number of nitrogens with zero attached hydrogens (tertiary/aromatic N) is 2. The third-order valence-electron chi connectivity index (χ3n) is 2.95. The molecule has 1 N–H and O–H groups in total. The largest absolute Gasteiger partial charge is 0.370 e. The molecule has 0 radical (unpaired) electrons. The van der Waals surface area contributed by atoms with E-state index >= 15 is 0 Å². The lowest BCUT2D eigenvalue weighted by Gasteiger charge is -2.18. The molecule has 0 aliphatic rings. The molecule has 0 saturated carbocycles. The Kier molecular flexibility index (Phi) is 8.00. The molecule has 0 aliphatic carbocycles. The van der Waals surface area contributed by atoms with E-state index in [4.69, 9.17) is 9.47 Å². The molecule has 25 heavy (non-hydrogen) atoms. The normalized spacial score (nSPS) is 11.6. The monoisotopic (exact) mass is 347 g/mol. The van der Waals surface area contributed by atoms with E-state index in [0.717, 1.165) is 16.1 Å². The SMILES string of the molecule is CC(C)(C)OCc1cccc[n+]1O.CC(C)(C)OCc1ccccn1. The predicted molar refractivity (Wildman–Crippen MR) is 97.1 cm³/mol. The molecular formula is C20H31N2O3+. The molecule has 2 aromatic rings. The van der Waals surface area contributed by atoms with E-state index in [1.807, 2.05) is 71.9 Å². The zero-order valence-electron chi connectivity index (χ0n) is 16.2. The quantitative estimate of drug-likeness (QED) is 0.673.